The van der Waals surface area contributed by atoms with Crippen LogP contribution in [-0.4, -0.2) is 12.0 Å². The molecule has 0 saturated heterocycles. The zero-order chi connectivity index (χ0) is 17.8. The Hall–Kier alpha value is -1.98. The first-order chi connectivity index (χ1) is 11.1. The molecule has 0 aliphatic heterocycles. The molecule has 1 aromatic carbocycles. The van der Waals surface area contributed by atoms with Gasteiger partial charge in [0.05, 0.1) is 5.69 Å². The van der Waals surface area contributed by atoms with Gasteiger partial charge in [0.25, 0.3) is 0 Å². The van der Waals surface area contributed by atoms with Gasteiger partial charge >= 0.3 is 6.18 Å². The summed E-state index contributed by atoms with van der Waals surface area (Å²) in [5.41, 5.74) is 3.08. The Balaban J connectivity index is 2.00. The predicted octanol–water partition coefficient (Wildman–Crippen LogP) is 4.44. The maximum Gasteiger partial charge on any atom is 0.433 e. The van der Waals surface area contributed by atoms with Gasteiger partial charge in [-0.1, -0.05) is 39.0 Å². The normalized spacial score (nSPS) is 30.4. The predicted molar refractivity (Wildman–Crippen MR) is 85.9 cm³/mol. The van der Waals surface area contributed by atoms with E-state index in [4.69, 9.17) is 0 Å². The number of alkyl halides is 3. The highest BCUT2D eigenvalue weighted by atomic mass is 19.4. The van der Waals surface area contributed by atoms with Crippen LogP contribution in [0.25, 0.3) is 0 Å². The van der Waals surface area contributed by atoms with Crippen LogP contribution in [0.1, 0.15) is 33.6 Å². The molecule has 0 heterocycles. The van der Waals surface area contributed by atoms with Gasteiger partial charge in [0.1, 0.15) is 5.70 Å². The maximum atomic E-state index is 13.6. The minimum atomic E-state index is -4.62. The summed E-state index contributed by atoms with van der Waals surface area (Å²) in [6, 6.07) is 8.52. The topological polar surface area (TPSA) is 41.1 Å². The highest BCUT2D eigenvalue weighted by molar-refractivity contribution is 6.05. The van der Waals surface area contributed by atoms with Crippen molar-refractivity contribution in [2.24, 2.45) is 16.7 Å². The van der Waals surface area contributed by atoms with Gasteiger partial charge in [-0.2, -0.15) is 13.2 Å². The summed E-state index contributed by atoms with van der Waals surface area (Å²) in [5, 5.41) is 0. The lowest BCUT2D eigenvalue weighted by atomic mass is 9.70. The fraction of sp³-hybridized carbons (Fsp3) is 0.500. The molecule has 2 fully saturated rings. The number of rotatable bonds is 3. The number of carbonyl (C=O) groups excluding carboxylic acids is 1. The number of anilines is 1. The van der Waals surface area contributed by atoms with Crippen LogP contribution in [0.4, 0.5) is 18.9 Å². The number of hydrogen-bond donors (Lipinski definition) is 2. The molecular formula is C18H21F3N2O. The Morgan fingerprint density at radius 1 is 1.17 bits per heavy atom. The number of hydrogen-bond acceptors (Lipinski definition) is 3. The van der Waals surface area contributed by atoms with Crippen molar-refractivity contribution in [1.82, 2.24) is 5.43 Å². The van der Waals surface area contributed by atoms with Gasteiger partial charge in [0.15, 0.2) is 5.78 Å². The molecule has 24 heavy (non-hydrogen) atoms. The van der Waals surface area contributed by atoms with E-state index < -0.39 is 22.7 Å². The van der Waals surface area contributed by atoms with Crippen LogP contribution in [0.3, 0.4) is 0 Å². The maximum absolute atomic E-state index is 13.6. The SMILES string of the molecule is CC1(C)[C@@H]2CC[C@@]1(C)C(=O)/C2=C(/NNc1ccccc1)C(F)(F)F. The molecule has 2 atom stereocenters. The van der Waals surface area contributed by atoms with E-state index in [0.29, 0.717) is 18.5 Å². The molecule has 3 rings (SSSR count). The third kappa shape index (κ3) is 2.31. The smallest absolute Gasteiger partial charge is 0.301 e. The summed E-state index contributed by atoms with van der Waals surface area (Å²) in [6.07, 6.45) is -3.37. The van der Waals surface area contributed by atoms with Gasteiger partial charge in [-0.3, -0.25) is 10.2 Å². The Morgan fingerprint density at radius 3 is 2.29 bits per heavy atom. The first kappa shape index (κ1) is 16.9. The second kappa shape index (κ2) is 5.26. The van der Waals surface area contributed by atoms with Gasteiger partial charge in [-0.05, 0) is 36.3 Å². The third-order valence-corrected chi connectivity index (χ3v) is 5.98. The number of hydrazine groups is 1. The van der Waals surface area contributed by atoms with Crippen LogP contribution in [0, 0.1) is 16.7 Å². The lowest BCUT2D eigenvalue weighted by Crippen LogP contribution is -2.36. The van der Waals surface area contributed by atoms with Crippen LogP contribution in [0.5, 0.6) is 0 Å². The zero-order valence-electron chi connectivity index (χ0n) is 13.9. The molecule has 0 radical (unpaired) electrons. The van der Waals surface area contributed by atoms with Crippen LogP contribution in [-0.2, 0) is 4.79 Å². The van der Waals surface area contributed by atoms with Crippen molar-refractivity contribution >= 4 is 11.5 Å². The molecule has 130 valence electrons. The summed E-state index contributed by atoms with van der Waals surface area (Å²) in [4.78, 5) is 12.8. The van der Waals surface area contributed by atoms with E-state index in [1.807, 2.05) is 13.8 Å². The first-order valence-corrected chi connectivity index (χ1v) is 8.02. The average Bonchev–Trinajstić information content (AvgIpc) is 2.81. The number of ketones is 1. The summed E-state index contributed by atoms with van der Waals surface area (Å²) >= 11 is 0. The second-order valence-corrected chi connectivity index (χ2v) is 7.38. The van der Waals surface area contributed by atoms with Gasteiger partial charge < -0.3 is 5.43 Å². The van der Waals surface area contributed by atoms with E-state index in [0.717, 1.165) is 0 Å². The molecule has 1 aromatic rings. The molecule has 0 amide bonds. The number of allylic oxidation sites excluding steroid dienone is 2. The quantitative estimate of drug-likeness (QED) is 0.632. The highest BCUT2D eigenvalue weighted by Crippen LogP contribution is 2.66. The third-order valence-electron chi connectivity index (χ3n) is 5.98. The van der Waals surface area contributed by atoms with Crippen molar-refractivity contribution in [3.05, 3.63) is 41.6 Å². The van der Waals surface area contributed by atoms with E-state index in [-0.39, 0.29) is 17.3 Å². The average molecular weight is 338 g/mol. The zero-order valence-corrected chi connectivity index (χ0v) is 13.9. The molecule has 2 N–H and O–H groups in total. The number of carbonyl (C=O) groups is 1. The fourth-order valence-corrected chi connectivity index (χ4v) is 4.10. The number of halogens is 3. The molecule has 2 aliphatic carbocycles. The summed E-state index contributed by atoms with van der Waals surface area (Å²) < 4.78 is 40.9. The van der Waals surface area contributed by atoms with Crippen LogP contribution < -0.4 is 10.9 Å². The largest absolute Gasteiger partial charge is 0.433 e. The Labute approximate surface area is 139 Å². The highest BCUT2D eigenvalue weighted by Gasteiger charge is 2.66. The lowest BCUT2D eigenvalue weighted by molar-refractivity contribution is -0.127. The monoisotopic (exact) mass is 338 g/mol. The Bertz CT molecular complexity index is 694. The summed E-state index contributed by atoms with van der Waals surface area (Å²) in [6.45, 7) is 5.59. The van der Waals surface area contributed by atoms with Crippen molar-refractivity contribution < 1.29 is 18.0 Å². The van der Waals surface area contributed by atoms with Gasteiger partial charge in [0.2, 0.25) is 0 Å². The Kier molecular flexibility index (Phi) is 3.70. The van der Waals surface area contributed by atoms with E-state index >= 15 is 0 Å². The van der Waals surface area contributed by atoms with Crippen molar-refractivity contribution in [3.63, 3.8) is 0 Å². The molecule has 0 unspecified atom stereocenters. The molecule has 2 bridgehead atoms. The minimum Gasteiger partial charge on any atom is -0.301 e. The van der Waals surface area contributed by atoms with E-state index in [2.05, 4.69) is 10.9 Å². The van der Waals surface area contributed by atoms with E-state index in [1.165, 1.54) is 0 Å². The van der Waals surface area contributed by atoms with Crippen molar-refractivity contribution in [2.75, 3.05) is 5.43 Å². The minimum absolute atomic E-state index is 0.107. The van der Waals surface area contributed by atoms with Crippen LogP contribution >= 0.6 is 0 Å². The van der Waals surface area contributed by atoms with Gasteiger partial charge in [-0.25, -0.2) is 0 Å². The molecule has 0 aromatic heterocycles. The van der Waals surface area contributed by atoms with Crippen molar-refractivity contribution in [2.45, 2.75) is 39.8 Å². The Morgan fingerprint density at radius 2 is 1.79 bits per heavy atom. The molecular weight excluding hydrogens is 317 g/mol. The second-order valence-electron chi connectivity index (χ2n) is 7.38. The molecule has 3 nitrogen and oxygen atoms in total. The van der Waals surface area contributed by atoms with Gasteiger partial charge in [0, 0.05) is 11.0 Å². The van der Waals surface area contributed by atoms with E-state index in [1.54, 1.807) is 37.3 Å². The number of nitrogens with one attached hydrogen (secondary N) is 2. The standard InChI is InChI=1S/C18H21F3N2O/c1-16(2)12-9-10-17(16,3)15(24)13(12)14(18(19,20)21)23-22-11-7-5-4-6-8-11/h4-8,12,22-23H,9-10H2,1-3H3/b14-13+/t12-,17+/m1/s1. The summed E-state index contributed by atoms with van der Waals surface area (Å²) in [5.74, 6) is -0.755. The van der Waals surface area contributed by atoms with Crippen molar-refractivity contribution in [1.29, 1.82) is 0 Å². The molecule has 6 heteroatoms. The number of para-hydroxylation sites is 1. The van der Waals surface area contributed by atoms with E-state index in [9.17, 15) is 18.0 Å². The molecule has 0 spiro atoms. The number of Topliss-reactive ketones (excluding diaryl/α,β-unsaturated/α-hetero) is 1. The number of fused-ring (bicyclic) bond motifs is 2. The first-order valence-electron chi connectivity index (χ1n) is 8.02. The van der Waals surface area contributed by atoms with Gasteiger partial charge in [-0.15, -0.1) is 0 Å². The van der Waals surface area contributed by atoms with Crippen LogP contribution in [0.2, 0.25) is 0 Å². The van der Waals surface area contributed by atoms with Crippen molar-refractivity contribution in [3.8, 4) is 0 Å². The van der Waals surface area contributed by atoms with Crippen LogP contribution in [0.15, 0.2) is 41.6 Å². The fourth-order valence-electron chi connectivity index (χ4n) is 4.10. The molecule has 2 aliphatic rings. The molecule has 2 saturated carbocycles. The lowest BCUT2D eigenvalue weighted by Gasteiger charge is -2.31. The summed E-state index contributed by atoms with van der Waals surface area (Å²) in [7, 11) is 0. The number of benzene rings is 1.